The van der Waals surface area contributed by atoms with Crippen molar-refractivity contribution in [2.24, 2.45) is 0 Å². The molecule has 2 aromatic rings. The van der Waals surface area contributed by atoms with Crippen LogP contribution in [0.2, 0.25) is 4.34 Å². The van der Waals surface area contributed by atoms with Crippen LogP contribution in [-0.2, 0) is 0 Å². The first-order valence-corrected chi connectivity index (χ1v) is 6.98. The van der Waals surface area contributed by atoms with Gasteiger partial charge in [0.15, 0.2) is 0 Å². The zero-order chi connectivity index (χ0) is 12.4. The molecule has 0 bridgehead atoms. The summed E-state index contributed by atoms with van der Waals surface area (Å²) in [6, 6.07) is 8.49. The third-order valence-corrected chi connectivity index (χ3v) is 4.98. The Bertz CT molecular complexity index is 492. The van der Waals surface area contributed by atoms with Gasteiger partial charge >= 0.3 is 0 Å². The Balaban J connectivity index is 2.36. The first-order valence-electron chi connectivity index (χ1n) is 4.99. The molecule has 0 radical (unpaired) electrons. The summed E-state index contributed by atoms with van der Waals surface area (Å²) in [7, 11) is 1.87. The minimum atomic E-state index is -0.228. The monoisotopic (exact) mass is 333 g/mol. The summed E-state index contributed by atoms with van der Waals surface area (Å²) in [5.74, 6) is -0.228. The van der Waals surface area contributed by atoms with E-state index in [9.17, 15) is 4.39 Å². The van der Waals surface area contributed by atoms with Crippen molar-refractivity contribution in [3.8, 4) is 0 Å². The SMILES string of the molecule is CNC(c1ccc(F)cc1)c1cc(Br)c(Cl)s1. The van der Waals surface area contributed by atoms with Gasteiger partial charge in [-0.2, -0.15) is 0 Å². The highest BCUT2D eigenvalue weighted by Crippen LogP contribution is 2.37. The molecule has 0 saturated carbocycles. The van der Waals surface area contributed by atoms with Gasteiger partial charge in [0.25, 0.3) is 0 Å². The van der Waals surface area contributed by atoms with Crippen LogP contribution in [0.4, 0.5) is 4.39 Å². The van der Waals surface area contributed by atoms with E-state index in [1.54, 1.807) is 12.1 Å². The van der Waals surface area contributed by atoms with E-state index >= 15 is 0 Å². The lowest BCUT2D eigenvalue weighted by molar-refractivity contribution is 0.624. The first kappa shape index (κ1) is 13.0. The Labute approximate surface area is 117 Å². The summed E-state index contributed by atoms with van der Waals surface area (Å²) < 4.78 is 14.5. The minimum Gasteiger partial charge on any atom is -0.309 e. The average molecular weight is 335 g/mol. The van der Waals surface area contributed by atoms with Gasteiger partial charge < -0.3 is 5.32 Å². The number of halogens is 3. The van der Waals surface area contributed by atoms with E-state index in [1.165, 1.54) is 23.5 Å². The predicted octanol–water partition coefficient (Wildman–Crippen LogP) is 4.61. The Hall–Kier alpha value is -0.420. The van der Waals surface area contributed by atoms with Gasteiger partial charge in [-0.1, -0.05) is 23.7 Å². The molecule has 1 nitrogen and oxygen atoms in total. The first-order chi connectivity index (χ1) is 8.11. The minimum absolute atomic E-state index is 0.0319. The topological polar surface area (TPSA) is 12.0 Å². The normalized spacial score (nSPS) is 12.7. The van der Waals surface area contributed by atoms with Crippen LogP contribution in [0.1, 0.15) is 16.5 Å². The smallest absolute Gasteiger partial charge is 0.123 e. The maximum Gasteiger partial charge on any atom is 0.123 e. The van der Waals surface area contributed by atoms with E-state index in [0.29, 0.717) is 0 Å². The van der Waals surface area contributed by atoms with E-state index in [0.717, 1.165) is 19.2 Å². The maximum absolute atomic E-state index is 12.9. The molecule has 1 aromatic carbocycles. The van der Waals surface area contributed by atoms with Crippen LogP contribution in [0.3, 0.4) is 0 Å². The molecule has 1 aromatic heterocycles. The zero-order valence-electron chi connectivity index (χ0n) is 9.01. The summed E-state index contributed by atoms with van der Waals surface area (Å²) in [4.78, 5) is 1.09. The van der Waals surface area contributed by atoms with Crippen LogP contribution in [-0.4, -0.2) is 7.05 Å². The summed E-state index contributed by atoms with van der Waals surface area (Å²) >= 11 is 10.9. The number of thiophene rings is 1. The molecule has 0 saturated heterocycles. The van der Waals surface area contributed by atoms with Crippen LogP contribution in [0, 0.1) is 5.82 Å². The van der Waals surface area contributed by atoms with E-state index in [-0.39, 0.29) is 11.9 Å². The van der Waals surface area contributed by atoms with Crippen molar-refractivity contribution < 1.29 is 4.39 Å². The molecule has 17 heavy (non-hydrogen) atoms. The number of nitrogens with one attached hydrogen (secondary N) is 1. The highest BCUT2D eigenvalue weighted by Gasteiger charge is 2.16. The molecule has 0 aliphatic rings. The molecule has 0 aliphatic carbocycles. The number of hydrogen-bond donors (Lipinski definition) is 1. The van der Waals surface area contributed by atoms with Gasteiger partial charge in [-0.05, 0) is 46.7 Å². The lowest BCUT2D eigenvalue weighted by Crippen LogP contribution is -2.16. The summed E-state index contributed by atoms with van der Waals surface area (Å²) in [6.45, 7) is 0. The largest absolute Gasteiger partial charge is 0.309 e. The van der Waals surface area contributed by atoms with Gasteiger partial charge in [0, 0.05) is 9.35 Å². The van der Waals surface area contributed by atoms with E-state index in [1.807, 2.05) is 13.1 Å². The van der Waals surface area contributed by atoms with Crippen molar-refractivity contribution >= 4 is 38.9 Å². The van der Waals surface area contributed by atoms with Crippen LogP contribution in [0.5, 0.6) is 0 Å². The van der Waals surface area contributed by atoms with Gasteiger partial charge in [0.1, 0.15) is 10.2 Å². The lowest BCUT2D eigenvalue weighted by Gasteiger charge is -2.14. The molecule has 1 heterocycles. The number of rotatable bonds is 3. The average Bonchev–Trinajstić information content (AvgIpc) is 2.63. The fourth-order valence-corrected chi connectivity index (χ4v) is 3.51. The highest BCUT2D eigenvalue weighted by molar-refractivity contribution is 9.10. The second-order valence-electron chi connectivity index (χ2n) is 3.54. The molecule has 1 N–H and O–H groups in total. The van der Waals surface area contributed by atoms with Crippen molar-refractivity contribution in [3.05, 3.63) is 55.4 Å². The van der Waals surface area contributed by atoms with E-state index in [2.05, 4.69) is 21.2 Å². The van der Waals surface area contributed by atoms with Crippen LogP contribution in [0.25, 0.3) is 0 Å². The summed E-state index contributed by atoms with van der Waals surface area (Å²) in [5, 5.41) is 3.20. The molecular weight excluding hydrogens is 325 g/mol. The standard InChI is InChI=1S/C12H10BrClFNS/c1-16-11(7-2-4-8(15)5-3-7)10-6-9(13)12(14)17-10/h2-6,11,16H,1H3. The van der Waals surface area contributed by atoms with Crippen molar-refractivity contribution in [2.45, 2.75) is 6.04 Å². The Morgan fingerprint density at radius 1 is 1.35 bits per heavy atom. The molecular formula is C12H10BrClFNS. The number of hydrogen-bond acceptors (Lipinski definition) is 2. The van der Waals surface area contributed by atoms with E-state index in [4.69, 9.17) is 11.6 Å². The highest BCUT2D eigenvalue weighted by atomic mass is 79.9. The molecule has 1 unspecified atom stereocenters. The zero-order valence-corrected chi connectivity index (χ0v) is 12.2. The second kappa shape index (κ2) is 5.48. The molecule has 0 fully saturated rings. The third-order valence-electron chi connectivity index (χ3n) is 2.44. The van der Waals surface area contributed by atoms with Gasteiger partial charge in [-0.15, -0.1) is 11.3 Å². The molecule has 0 aliphatic heterocycles. The predicted molar refractivity (Wildman–Crippen MR) is 74.3 cm³/mol. The van der Waals surface area contributed by atoms with E-state index < -0.39 is 0 Å². The van der Waals surface area contributed by atoms with Crippen molar-refractivity contribution in [1.29, 1.82) is 0 Å². The molecule has 90 valence electrons. The molecule has 5 heteroatoms. The summed E-state index contributed by atoms with van der Waals surface area (Å²) in [6.07, 6.45) is 0. The van der Waals surface area contributed by atoms with Crippen LogP contribution < -0.4 is 5.32 Å². The van der Waals surface area contributed by atoms with Crippen molar-refractivity contribution in [1.82, 2.24) is 5.32 Å². The second-order valence-corrected chi connectivity index (χ2v) is 6.08. The molecule has 2 rings (SSSR count). The fourth-order valence-electron chi connectivity index (χ4n) is 1.63. The molecule has 0 spiro atoms. The van der Waals surface area contributed by atoms with Crippen molar-refractivity contribution in [2.75, 3.05) is 7.05 Å². The Morgan fingerprint density at radius 2 is 2.00 bits per heavy atom. The molecule has 1 atom stereocenters. The quantitative estimate of drug-likeness (QED) is 0.864. The third kappa shape index (κ3) is 2.88. The maximum atomic E-state index is 12.9. The van der Waals surface area contributed by atoms with Crippen LogP contribution in [0.15, 0.2) is 34.8 Å². The van der Waals surface area contributed by atoms with Crippen LogP contribution >= 0.6 is 38.9 Å². The Morgan fingerprint density at radius 3 is 2.47 bits per heavy atom. The fraction of sp³-hybridized carbons (Fsp3) is 0.167. The lowest BCUT2D eigenvalue weighted by atomic mass is 10.1. The van der Waals surface area contributed by atoms with Gasteiger partial charge in [-0.25, -0.2) is 4.39 Å². The Kier molecular flexibility index (Phi) is 4.20. The van der Waals surface area contributed by atoms with Gasteiger partial charge in [-0.3, -0.25) is 0 Å². The molecule has 0 amide bonds. The van der Waals surface area contributed by atoms with Crippen molar-refractivity contribution in [3.63, 3.8) is 0 Å². The van der Waals surface area contributed by atoms with Gasteiger partial charge in [0.05, 0.1) is 6.04 Å². The van der Waals surface area contributed by atoms with Gasteiger partial charge in [0.2, 0.25) is 0 Å². The number of benzene rings is 1. The summed E-state index contributed by atoms with van der Waals surface area (Å²) in [5.41, 5.74) is 1.01.